The van der Waals surface area contributed by atoms with Crippen molar-refractivity contribution >= 4 is 99.3 Å². The summed E-state index contributed by atoms with van der Waals surface area (Å²) in [6.45, 7) is 11.9. The molecular weight excluding hydrogens is 1170 g/mol. The summed E-state index contributed by atoms with van der Waals surface area (Å²) in [5.74, 6) is 0. The summed E-state index contributed by atoms with van der Waals surface area (Å²) in [4.78, 5) is 4.87. The van der Waals surface area contributed by atoms with Gasteiger partial charge >= 0.3 is 0 Å². The summed E-state index contributed by atoms with van der Waals surface area (Å²) in [5.41, 5.74) is 30.0. The number of nitrogens with zero attached hydrogens (tertiary/aromatic N) is 4. The van der Waals surface area contributed by atoms with Crippen LogP contribution in [-0.4, -0.2) is 9.13 Å². The Morgan fingerprint density at radius 3 is 1.01 bits per heavy atom. The average Bonchev–Trinajstić information content (AvgIpc) is 1.71. The molecule has 0 radical (unpaired) electrons. The second-order valence-electron chi connectivity index (χ2n) is 27.7. The lowest BCUT2D eigenvalue weighted by Gasteiger charge is -2.28. The van der Waals surface area contributed by atoms with Crippen molar-refractivity contribution in [3.05, 3.63) is 349 Å². The molecule has 0 unspecified atom stereocenters. The van der Waals surface area contributed by atoms with E-state index in [1.54, 1.807) is 0 Å². The van der Waals surface area contributed by atoms with E-state index in [0.717, 1.165) is 45.5 Å². The Labute approximate surface area is 565 Å². The van der Waals surface area contributed by atoms with E-state index in [4.69, 9.17) is 0 Å². The third kappa shape index (κ3) is 8.62. The van der Waals surface area contributed by atoms with Crippen LogP contribution in [0.3, 0.4) is 0 Å². The Balaban J connectivity index is 0.692. The quantitative estimate of drug-likeness (QED) is 0.127. The van der Waals surface area contributed by atoms with Crippen molar-refractivity contribution in [1.29, 1.82) is 0 Å². The molecule has 15 aromatic carbocycles. The molecule has 2 aromatic heterocycles. The highest BCUT2D eigenvalue weighted by molar-refractivity contribution is 6.22. The van der Waals surface area contributed by atoms with Gasteiger partial charge in [0.25, 0.3) is 0 Å². The van der Waals surface area contributed by atoms with E-state index in [1.807, 2.05) is 0 Å². The summed E-state index contributed by atoms with van der Waals surface area (Å²) in [7, 11) is 0. The smallest absolute Gasteiger partial charge is 0.0542 e. The molecule has 4 heteroatoms. The molecule has 4 nitrogen and oxygen atoms in total. The topological polar surface area (TPSA) is 16.3 Å². The first kappa shape index (κ1) is 56.6. The lowest BCUT2D eigenvalue weighted by molar-refractivity contribution is 0.660. The highest BCUT2D eigenvalue weighted by atomic mass is 15.2. The first-order valence-electron chi connectivity index (χ1n) is 34.0. The number of anilines is 6. The Hall–Kier alpha value is -12.0. The molecule has 0 aliphatic heterocycles. The van der Waals surface area contributed by atoms with E-state index in [-0.39, 0.29) is 10.8 Å². The highest BCUT2D eigenvalue weighted by Crippen LogP contribution is 2.56. The zero-order valence-corrected chi connectivity index (χ0v) is 54.9. The van der Waals surface area contributed by atoms with Crippen LogP contribution in [0.25, 0.3) is 121 Å². The van der Waals surface area contributed by atoms with E-state index in [9.17, 15) is 0 Å². The molecule has 0 amide bonds. The third-order valence-electron chi connectivity index (χ3n) is 21.5. The van der Waals surface area contributed by atoms with Gasteiger partial charge in [0.15, 0.2) is 0 Å². The molecule has 2 aliphatic rings. The van der Waals surface area contributed by atoms with Crippen molar-refractivity contribution in [2.24, 2.45) is 0 Å². The standard InChI is InChI=1S/C93H68N4/c1-59-38-45-78-81(52-59)91(61-40-47-71-73-49-42-69(58-85(73)93(4,5)83(71)54-61)95(63-26-12-7-13-27-63)67-44-51-89-80(56-67)75-33-21-23-37-87(75)97(89)65-30-16-9-17-31-65)77-35-19-18-34-76(77)90(78)60-39-46-70-72-48-41-68(57-84(72)92(2,3)82(70)53-60)94(62-24-10-6-11-25-62)66-43-50-88-79(55-66)74-32-20-22-36-86(74)96(88)64-28-14-8-15-29-64/h6-58H,1-5H3. The number of rotatable bonds is 10. The van der Waals surface area contributed by atoms with Gasteiger partial charge in [0, 0.05) is 77.9 Å². The minimum absolute atomic E-state index is 0.302. The summed E-state index contributed by atoms with van der Waals surface area (Å²) in [6.07, 6.45) is 0. The van der Waals surface area contributed by atoms with E-state index >= 15 is 0 Å². The van der Waals surface area contributed by atoms with Crippen LogP contribution in [0.4, 0.5) is 34.1 Å². The molecule has 0 saturated heterocycles. The minimum atomic E-state index is -0.303. The lowest BCUT2D eigenvalue weighted by Crippen LogP contribution is -2.16. The molecule has 2 aliphatic carbocycles. The summed E-state index contributed by atoms with van der Waals surface area (Å²) < 4.78 is 4.78. The van der Waals surface area contributed by atoms with Crippen LogP contribution in [0.15, 0.2) is 322 Å². The first-order valence-corrected chi connectivity index (χ1v) is 34.0. The molecule has 2 heterocycles. The van der Waals surface area contributed by atoms with Crippen molar-refractivity contribution in [3.63, 3.8) is 0 Å². The molecular formula is C93H68N4. The van der Waals surface area contributed by atoms with Gasteiger partial charge in [-0.1, -0.05) is 221 Å². The molecule has 0 fully saturated rings. The fraction of sp³-hybridized carbons (Fsp3) is 0.0753. The van der Waals surface area contributed by atoms with Crippen LogP contribution in [-0.2, 0) is 10.8 Å². The average molecular weight is 1240 g/mol. The second kappa shape index (κ2) is 21.5. The van der Waals surface area contributed by atoms with E-state index < -0.39 is 0 Å². The molecule has 0 spiro atoms. The summed E-state index contributed by atoms with van der Waals surface area (Å²) >= 11 is 0. The maximum atomic E-state index is 2.52. The SMILES string of the molecule is Cc1ccc2c(-c3ccc4c(c3)C(C)(C)c3cc(N(c5ccccc5)c5ccc6c(c5)c5ccccc5n6-c5ccccc5)ccc3-4)c3ccccc3c(-c3ccc4c(c3)C(C)(C)c3cc(N(c5ccccc5)c5ccc6c(c5)c5ccccc5n6-c5ccccc5)ccc3-4)c2c1. The minimum Gasteiger partial charge on any atom is -0.310 e. The molecule has 460 valence electrons. The summed E-state index contributed by atoms with van der Waals surface area (Å²) in [6, 6.07) is 120. The van der Waals surface area contributed by atoms with Crippen LogP contribution in [0, 0.1) is 6.92 Å². The van der Waals surface area contributed by atoms with Crippen LogP contribution in [0.1, 0.15) is 55.5 Å². The van der Waals surface area contributed by atoms with Crippen molar-refractivity contribution in [1.82, 2.24) is 9.13 Å². The largest absolute Gasteiger partial charge is 0.310 e. The van der Waals surface area contributed by atoms with Crippen molar-refractivity contribution in [3.8, 4) is 55.9 Å². The van der Waals surface area contributed by atoms with Crippen molar-refractivity contribution in [2.75, 3.05) is 9.80 Å². The fourth-order valence-electron chi connectivity index (χ4n) is 16.9. The van der Waals surface area contributed by atoms with Gasteiger partial charge in [0.05, 0.1) is 22.1 Å². The van der Waals surface area contributed by atoms with Crippen LogP contribution in [0.2, 0.25) is 0 Å². The van der Waals surface area contributed by atoms with Gasteiger partial charge < -0.3 is 18.9 Å². The van der Waals surface area contributed by atoms with E-state index in [1.165, 1.54) is 137 Å². The number of hydrogen-bond acceptors (Lipinski definition) is 2. The van der Waals surface area contributed by atoms with Gasteiger partial charge in [0.1, 0.15) is 0 Å². The van der Waals surface area contributed by atoms with E-state index in [0.29, 0.717) is 0 Å². The number of aryl methyl sites for hydroxylation is 1. The Morgan fingerprint density at radius 2 is 0.567 bits per heavy atom. The van der Waals surface area contributed by atoms with Gasteiger partial charge in [0.2, 0.25) is 0 Å². The highest BCUT2D eigenvalue weighted by Gasteiger charge is 2.39. The fourth-order valence-corrected chi connectivity index (χ4v) is 16.9. The third-order valence-corrected chi connectivity index (χ3v) is 21.5. The number of fused-ring (bicyclic) bond motifs is 14. The number of aromatic nitrogens is 2. The maximum absolute atomic E-state index is 2.52. The monoisotopic (exact) mass is 1240 g/mol. The molecule has 0 bridgehead atoms. The maximum Gasteiger partial charge on any atom is 0.0542 e. The normalized spacial score (nSPS) is 13.4. The molecule has 0 saturated carbocycles. The van der Waals surface area contributed by atoms with Gasteiger partial charge in [-0.3, -0.25) is 0 Å². The Bertz CT molecular complexity index is 6070. The van der Waals surface area contributed by atoms with Crippen molar-refractivity contribution < 1.29 is 0 Å². The van der Waals surface area contributed by atoms with Crippen LogP contribution in [0.5, 0.6) is 0 Å². The van der Waals surface area contributed by atoms with Crippen molar-refractivity contribution in [2.45, 2.75) is 45.4 Å². The molecule has 0 N–H and O–H groups in total. The van der Waals surface area contributed by atoms with Gasteiger partial charge in [-0.15, -0.1) is 0 Å². The predicted molar refractivity (Wildman–Crippen MR) is 410 cm³/mol. The number of benzene rings is 15. The zero-order chi connectivity index (χ0) is 64.8. The van der Waals surface area contributed by atoms with E-state index in [2.05, 4.69) is 375 Å². The molecule has 97 heavy (non-hydrogen) atoms. The van der Waals surface area contributed by atoms with Crippen LogP contribution >= 0.6 is 0 Å². The number of para-hydroxylation sites is 6. The van der Waals surface area contributed by atoms with Gasteiger partial charge in [-0.2, -0.15) is 0 Å². The second-order valence-corrected chi connectivity index (χ2v) is 27.7. The van der Waals surface area contributed by atoms with Gasteiger partial charge in [-0.25, -0.2) is 0 Å². The first-order chi connectivity index (χ1) is 47.5. The zero-order valence-electron chi connectivity index (χ0n) is 54.9. The molecule has 0 atom stereocenters. The lowest BCUT2D eigenvalue weighted by atomic mass is 9.79. The number of hydrogen-bond donors (Lipinski definition) is 0. The molecule has 19 rings (SSSR count). The Morgan fingerprint density at radius 1 is 0.237 bits per heavy atom. The van der Waals surface area contributed by atoms with Gasteiger partial charge in [-0.05, 0) is 229 Å². The summed E-state index contributed by atoms with van der Waals surface area (Å²) in [5, 5.41) is 9.95. The molecule has 17 aromatic rings. The Kier molecular flexibility index (Phi) is 12.5. The predicted octanol–water partition coefficient (Wildman–Crippen LogP) is 25.4. The van der Waals surface area contributed by atoms with Crippen LogP contribution < -0.4 is 9.80 Å².